The molecule has 0 aliphatic rings. The molecule has 0 amide bonds. The molecule has 1 unspecified atom stereocenters. The lowest BCUT2D eigenvalue weighted by atomic mass is 9.79. The van der Waals surface area contributed by atoms with Crippen LogP contribution in [0.5, 0.6) is 11.6 Å². The molecule has 29 heavy (non-hydrogen) atoms. The molecular weight excluding hydrogens is 408 g/mol. The molecule has 1 aromatic heterocycles. The van der Waals surface area contributed by atoms with Crippen LogP contribution >= 0.6 is 23.2 Å². The number of hydrogen-bond acceptors (Lipinski definition) is 2. The van der Waals surface area contributed by atoms with Gasteiger partial charge in [-0.1, -0.05) is 53.4 Å². The number of para-hydroxylation sites is 1. The Morgan fingerprint density at radius 3 is 2.52 bits per heavy atom. The van der Waals surface area contributed by atoms with Crippen LogP contribution in [0.2, 0.25) is 10.0 Å². The zero-order chi connectivity index (χ0) is 20.9. The molecule has 0 saturated carbocycles. The Hall–Kier alpha value is -2.54. The average Bonchev–Trinajstić information content (AvgIpc) is 2.70. The molecule has 1 heterocycles. The van der Waals surface area contributed by atoms with Gasteiger partial charge in [0.1, 0.15) is 11.6 Å². The molecule has 0 N–H and O–H groups in total. The summed E-state index contributed by atoms with van der Waals surface area (Å²) in [6, 6.07) is 17.3. The number of aromatic nitrogens is 1. The fourth-order valence-corrected chi connectivity index (χ4v) is 3.37. The number of aryl methyl sites for hydroxylation is 1. The molecule has 2 aromatic carbocycles. The number of rotatable bonds is 7. The third kappa shape index (κ3) is 5.50. The number of benzene rings is 2. The lowest BCUT2D eigenvalue weighted by Gasteiger charge is -2.24. The Bertz CT molecular complexity index is 1030. The van der Waals surface area contributed by atoms with Crippen LogP contribution in [-0.2, 0) is 11.8 Å². The van der Waals surface area contributed by atoms with Crippen molar-refractivity contribution in [3.63, 3.8) is 0 Å². The summed E-state index contributed by atoms with van der Waals surface area (Å²) < 4.78 is 19.7. The van der Waals surface area contributed by atoms with E-state index in [4.69, 9.17) is 34.4 Å². The minimum absolute atomic E-state index is 0.232. The van der Waals surface area contributed by atoms with E-state index >= 15 is 0 Å². The molecule has 0 aliphatic heterocycles. The van der Waals surface area contributed by atoms with E-state index in [1.54, 1.807) is 24.3 Å². The molecule has 148 valence electrons. The van der Waals surface area contributed by atoms with Crippen LogP contribution in [0.25, 0.3) is 0 Å². The quantitative estimate of drug-likeness (QED) is 0.370. The SMILES string of the molecule is C#CC(C)(CCCc1cc(F)cc(Oc2ccccc2)n1)c1ccc(Cl)c(Cl)c1. The summed E-state index contributed by atoms with van der Waals surface area (Å²) in [6.07, 6.45) is 7.80. The molecule has 3 aromatic rings. The van der Waals surface area contributed by atoms with Crippen molar-refractivity contribution < 1.29 is 9.13 Å². The number of pyridine rings is 1. The van der Waals surface area contributed by atoms with E-state index in [9.17, 15) is 4.39 Å². The van der Waals surface area contributed by atoms with Gasteiger partial charge in [0.25, 0.3) is 0 Å². The Balaban J connectivity index is 1.69. The van der Waals surface area contributed by atoms with Crippen molar-refractivity contribution in [3.8, 4) is 24.0 Å². The van der Waals surface area contributed by atoms with Crippen molar-refractivity contribution in [1.29, 1.82) is 0 Å². The standard InChI is InChI=1S/C24H20Cl2FNO/c1-3-24(2,17-11-12-21(25)22(26)14-17)13-7-8-19-15-18(27)16-23(28-19)29-20-9-5-4-6-10-20/h1,4-6,9-12,14-16H,7-8,13H2,2H3. The van der Waals surface area contributed by atoms with Gasteiger partial charge in [-0.2, -0.15) is 0 Å². The van der Waals surface area contributed by atoms with Gasteiger partial charge in [-0.25, -0.2) is 9.37 Å². The van der Waals surface area contributed by atoms with Gasteiger partial charge in [-0.3, -0.25) is 0 Å². The van der Waals surface area contributed by atoms with Crippen LogP contribution in [0, 0.1) is 18.2 Å². The van der Waals surface area contributed by atoms with Gasteiger partial charge in [-0.05, 0) is 62.1 Å². The van der Waals surface area contributed by atoms with Gasteiger partial charge in [0.2, 0.25) is 5.88 Å². The number of terminal acetylenes is 1. The van der Waals surface area contributed by atoms with Crippen LogP contribution in [0.1, 0.15) is 31.0 Å². The van der Waals surface area contributed by atoms with E-state index in [0.29, 0.717) is 34.3 Å². The first-order valence-corrected chi connectivity index (χ1v) is 9.98. The van der Waals surface area contributed by atoms with Crippen molar-refractivity contribution in [3.05, 3.63) is 87.8 Å². The second kappa shape index (κ2) is 9.31. The largest absolute Gasteiger partial charge is 0.439 e. The lowest BCUT2D eigenvalue weighted by molar-refractivity contribution is 0.452. The highest BCUT2D eigenvalue weighted by atomic mass is 35.5. The Morgan fingerprint density at radius 1 is 1.07 bits per heavy atom. The lowest BCUT2D eigenvalue weighted by Crippen LogP contribution is -2.20. The summed E-state index contributed by atoms with van der Waals surface area (Å²) in [4.78, 5) is 4.42. The average molecular weight is 428 g/mol. The molecule has 0 radical (unpaired) electrons. The fraction of sp³-hybridized carbons (Fsp3) is 0.208. The van der Waals surface area contributed by atoms with E-state index in [0.717, 1.165) is 12.0 Å². The first-order chi connectivity index (χ1) is 13.9. The maximum atomic E-state index is 14.0. The predicted octanol–water partition coefficient (Wildman–Crippen LogP) is 7.23. The zero-order valence-corrected chi connectivity index (χ0v) is 17.5. The number of nitrogens with zero attached hydrogens (tertiary/aromatic N) is 1. The van der Waals surface area contributed by atoms with Gasteiger partial charge in [-0.15, -0.1) is 6.42 Å². The van der Waals surface area contributed by atoms with E-state index in [-0.39, 0.29) is 11.7 Å². The van der Waals surface area contributed by atoms with Gasteiger partial charge in [0.15, 0.2) is 0 Å². The van der Waals surface area contributed by atoms with Crippen LogP contribution < -0.4 is 4.74 Å². The van der Waals surface area contributed by atoms with Crippen LogP contribution in [0.4, 0.5) is 4.39 Å². The van der Waals surface area contributed by atoms with Gasteiger partial charge < -0.3 is 4.74 Å². The second-order valence-corrected chi connectivity index (χ2v) is 7.80. The van der Waals surface area contributed by atoms with Crippen LogP contribution in [0.3, 0.4) is 0 Å². The summed E-state index contributed by atoms with van der Waals surface area (Å²) >= 11 is 12.1. The smallest absolute Gasteiger partial charge is 0.222 e. The molecule has 0 spiro atoms. The Labute approximate surface area is 180 Å². The molecule has 2 nitrogen and oxygen atoms in total. The molecular formula is C24H20Cl2FNO. The molecule has 0 saturated heterocycles. The normalized spacial score (nSPS) is 12.8. The minimum Gasteiger partial charge on any atom is -0.439 e. The van der Waals surface area contributed by atoms with E-state index < -0.39 is 5.41 Å². The van der Waals surface area contributed by atoms with Crippen molar-refractivity contribution in [2.75, 3.05) is 0 Å². The fourth-order valence-electron chi connectivity index (χ4n) is 3.08. The molecule has 0 bridgehead atoms. The Morgan fingerprint density at radius 2 is 1.83 bits per heavy atom. The van der Waals surface area contributed by atoms with Crippen LogP contribution in [-0.4, -0.2) is 4.98 Å². The third-order valence-electron chi connectivity index (χ3n) is 4.77. The van der Waals surface area contributed by atoms with E-state index in [1.807, 2.05) is 31.2 Å². The number of halogens is 3. The molecule has 0 fully saturated rings. The summed E-state index contributed by atoms with van der Waals surface area (Å²) in [6.45, 7) is 1.98. The molecule has 5 heteroatoms. The van der Waals surface area contributed by atoms with Gasteiger partial charge >= 0.3 is 0 Å². The van der Waals surface area contributed by atoms with E-state index in [2.05, 4.69) is 10.9 Å². The topological polar surface area (TPSA) is 22.1 Å². The highest BCUT2D eigenvalue weighted by Crippen LogP contribution is 2.33. The molecule has 1 atom stereocenters. The van der Waals surface area contributed by atoms with Crippen molar-refractivity contribution >= 4 is 23.2 Å². The van der Waals surface area contributed by atoms with Crippen molar-refractivity contribution in [2.45, 2.75) is 31.6 Å². The predicted molar refractivity (Wildman–Crippen MR) is 116 cm³/mol. The maximum absolute atomic E-state index is 14.0. The summed E-state index contributed by atoms with van der Waals surface area (Å²) in [5.74, 6) is 3.32. The maximum Gasteiger partial charge on any atom is 0.222 e. The van der Waals surface area contributed by atoms with Gasteiger partial charge in [0, 0.05) is 11.8 Å². The second-order valence-electron chi connectivity index (χ2n) is 6.99. The summed E-state index contributed by atoms with van der Waals surface area (Å²) in [7, 11) is 0. The van der Waals surface area contributed by atoms with Gasteiger partial charge in [0.05, 0.1) is 15.5 Å². The zero-order valence-electron chi connectivity index (χ0n) is 16.0. The highest BCUT2D eigenvalue weighted by molar-refractivity contribution is 6.42. The Kier molecular flexibility index (Phi) is 6.79. The molecule has 3 rings (SSSR count). The first kappa shape index (κ1) is 21.2. The van der Waals surface area contributed by atoms with Crippen molar-refractivity contribution in [2.24, 2.45) is 0 Å². The summed E-state index contributed by atoms with van der Waals surface area (Å²) in [5, 5.41) is 0.963. The number of hydrogen-bond donors (Lipinski definition) is 0. The first-order valence-electron chi connectivity index (χ1n) is 9.22. The number of ether oxygens (including phenoxy) is 1. The monoisotopic (exact) mass is 427 g/mol. The van der Waals surface area contributed by atoms with E-state index in [1.165, 1.54) is 12.1 Å². The minimum atomic E-state index is -0.509. The summed E-state index contributed by atoms with van der Waals surface area (Å²) in [5.41, 5.74) is 1.03. The van der Waals surface area contributed by atoms with Crippen molar-refractivity contribution in [1.82, 2.24) is 4.98 Å². The van der Waals surface area contributed by atoms with Crippen LogP contribution in [0.15, 0.2) is 60.7 Å². The highest BCUT2D eigenvalue weighted by Gasteiger charge is 2.24. The third-order valence-corrected chi connectivity index (χ3v) is 5.51. The molecule has 0 aliphatic carbocycles.